The van der Waals surface area contributed by atoms with Crippen molar-refractivity contribution in [1.82, 2.24) is 9.88 Å². The Hall–Kier alpha value is -3.25. The van der Waals surface area contributed by atoms with Gasteiger partial charge >= 0.3 is 12.6 Å². The summed E-state index contributed by atoms with van der Waals surface area (Å²) >= 11 is 0. The van der Waals surface area contributed by atoms with Crippen molar-refractivity contribution < 1.29 is 41.7 Å². The third kappa shape index (κ3) is 6.70. The fourth-order valence-electron chi connectivity index (χ4n) is 3.48. The minimum Gasteiger partial charge on any atom is -0.489 e. The fraction of sp³-hybridized carbons (Fsp3) is 0.542. The van der Waals surface area contributed by atoms with Crippen LogP contribution in [-0.2, 0) is 20.8 Å². The Balaban J connectivity index is 0.00000176. The van der Waals surface area contributed by atoms with Crippen LogP contribution in [0.3, 0.4) is 0 Å². The number of alkyl halides is 2. The maximum absolute atomic E-state index is 13.1. The Labute approximate surface area is 207 Å². The van der Waals surface area contributed by atoms with Gasteiger partial charge in [0.25, 0.3) is 5.91 Å². The molecule has 1 saturated heterocycles. The number of morpholine rings is 1. The van der Waals surface area contributed by atoms with Crippen molar-refractivity contribution in [3.05, 3.63) is 29.7 Å². The monoisotopic (exact) mass is 511 g/mol. The summed E-state index contributed by atoms with van der Waals surface area (Å²) in [5.74, 6) is -0.434. The molecule has 1 saturated carbocycles. The van der Waals surface area contributed by atoms with Crippen molar-refractivity contribution in [3.63, 3.8) is 0 Å². The maximum atomic E-state index is 13.1. The molecule has 2 aromatic rings. The Morgan fingerprint density at radius 1 is 1.25 bits per heavy atom. The number of hydrogen-bond donors (Lipinski definition) is 1. The van der Waals surface area contributed by atoms with Crippen molar-refractivity contribution in [2.45, 2.75) is 45.9 Å². The third-order valence-corrected chi connectivity index (χ3v) is 5.48. The smallest absolute Gasteiger partial charge is 0.387 e. The highest BCUT2D eigenvalue weighted by atomic mass is 19.3. The van der Waals surface area contributed by atoms with E-state index in [1.165, 1.54) is 30.2 Å². The van der Waals surface area contributed by atoms with E-state index in [-0.39, 0.29) is 55.1 Å². The Morgan fingerprint density at radius 3 is 2.64 bits per heavy atom. The van der Waals surface area contributed by atoms with Crippen LogP contribution in [-0.4, -0.2) is 67.9 Å². The summed E-state index contributed by atoms with van der Waals surface area (Å²) in [7, 11) is 1.24. The summed E-state index contributed by atoms with van der Waals surface area (Å²) in [6.07, 6.45) is 1.14. The van der Waals surface area contributed by atoms with Crippen LogP contribution in [0.5, 0.6) is 11.5 Å². The first kappa shape index (κ1) is 27.3. The first-order valence-electron chi connectivity index (χ1n) is 11.8. The van der Waals surface area contributed by atoms with Gasteiger partial charge in [-0.15, -0.1) is 0 Å². The normalized spacial score (nSPS) is 17.3. The van der Waals surface area contributed by atoms with Gasteiger partial charge in [0.15, 0.2) is 29.1 Å². The number of oxazole rings is 1. The predicted octanol–water partition coefficient (Wildman–Crippen LogP) is 3.23. The molecule has 2 aliphatic rings. The molecular formula is C24H31F2N3O7. The van der Waals surface area contributed by atoms with Crippen molar-refractivity contribution in [1.29, 1.82) is 0 Å². The van der Waals surface area contributed by atoms with Crippen LogP contribution < -0.4 is 15.2 Å². The van der Waals surface area contributed by atoms with E-state index < -0.39 is 24.6 Å². The number of ether oxygens (including phenoxy) is 4. The molecule has 12 heteroatoms. The molecule has 198 valence electrons. The summed E-state index contributed by atoms with van der Waals surface area (Å²) in [5, 5.41) is 0. The van der Waals surface area contributed by atoms with Gasteiger partial charge in [0.05, 0.1) is 33.4 Å². The topological polar surface area (TPSA) is 126 Å². The summed E-state index contributed by atoms with van der Waals surface area (Å²) in [6.45, 7) is 1.67. The first-order chi connectivity index (χ1) is 17.4. The minimum absolute atomic E-state index is 0.00336. The number of amides is 1. The minimum atomic E-state index is -3.01. The van der Waals surface area contributed by atoms with E-state index in [1.807, 2.05) is 13.8 Å². The molecule has 1 amide bonds. The Morgan fingerprint density at radius 2 is 2.00 bits per heavy atom. The van der Waals surface area contributed by atoms with Gasteiger partial charge in [0.2, 0.25) is 5.89 Å². The molecule has 36 heavy (non-hydrogen) atoms. The van der Waals surface area contributed by atoms with Crippen LogP contribution in [0.4, 0.5) is 8.78 Å². The van der Waals surface area contributed by atoms with E-state index >= 15 is 0 Å². The van der Waals surface area contributed by atoms with Gasteiger partial charge in [-0.25, -0.2) is 9.78 Å². The zero-order chi connectivity index (χ0) is 26.2. The fourth-order valence-corrected chi connectivity index (χ4v) is 3.48. The van der Waals surface area contributed by atoms with E-state index in [2.05, 4.69) is 14.5 Å². The molecule has 1 aromatic carbocycles. The average Bonchev–Trinajstić information content (AvgIpc) is 3.64. The predicted molar refractivity (Wildman–Crippen MR) is 124 cm³/mol. The first-order valence-corrected chi connectivity index (χ1v) is 11.8. The number of esters is 1. The lowest BCUT2D eigenvalue weighted by molar-refractivity contribution is -0.158. The average molecular weight is 512 g/mol. The standard InChI is InChI=1S/C22H25F2N3O7.C2H6/c1-30-21(29)17-10-27(6-7-31-17)20(28)18-16(9-25)33-19(26-18)13-4-5-14(34-22(23)24)15(8-13)32-11-12-2-3-12;1-2/h4-5,8,12,17,22H,2-3,6-7,9-11,25H2,1H3;1-2H3. The van der Waals surface area contributed by atoms with Gasteiger partial charge in [-0.05, 0) is 37.0 Å². The molecule has 2 heterocycles. The van der Waals surface area contributed by atoms with Gasteiger partial charge in [-0.2, -0.15) is 8.78 Å². The van der Waals surface area contributed by atoms with Crippen LogP contribution in [0.15, 0.2) is 22.6 Å². The highest BCUT2D eigenvalue weighted by Gasteiger charge is 2.33. The van der Waals surface area contributed by atoms with Gasteiger partial charge in [0.1, 0.15) is 0 Å². The van der Waals surface area contributed by atoms with Crippen LogP contribution in [0.2, 0.25) is 0 Å². The lowest BCUT2D eigenvalue weighted by Crippen LogP contribution is -2.49. The number of methoxy groups -OCH3 is 1. The second-order valence-corrected chi connectivity index (χ2v) is 7.92. The molecular weight excluding hydrogens is 480 g/mol. The van der Waals surface area contributed by atoms with Crippen LogP contribution in [0, 0.1) is 5.92 Å². The zero-order valence-corrected chi connectivity index (χ0v) is 20.5. The van der Waals surface area contributed by atoms with Crippen molar-refractivity contribution in [3.8, 4) is 23.0 Å². The van der Waals surface area contributed by atoms with E-state index in [4.69, 9.17) is 19.6 Å². The van der Waals surface area contributed by atoms with E-state index in [0.29, 0.717) is 18.1 Å². The van der Waals surface area contributed by atoms with Crippen LogP contribution in [0.25, 0.3) is 11.5 Å². The number of benzene rings is 1. The number of nitrogens with two attached hydrogens (primary N) is 1. The zero-order valence-electron chi connectivity index (χ0n) is 20.5. The number of hydrogen-bond acceptors (Lipinski definition) is 9. The molecule has 1 unspecified atom stereocenters. The number of carbonyl (C=O) groups is 2. The maximum Gasteiger partial charge on any atom is 0.387 e. The number of aromatic nitrogens is 1. The number of halogens is 2. The second-order valence-electron chi connectivity index (χ2n) is 7.92. The van der Waals surface area contributed by atoms with Gasteiger partial charge in [0, 0.05) is 12.1 Å². The van der Waals surface area contributed by atoms with Crippen molar-refractivity contribution >= 4 is 11.9 Å². The summed E-state index contributed by atoms with van der Waals surface area (Å²) in [6, 6.07) is 4.28. The molecule has 1 atom stereocenters. The van der Waals surface area contributed by atoms with E-state index in [1.54, 1.807) is 0 Å². The number of rotatable bonds is 9. The molecule has 10 nitrogen and oxygen atoms in total. The van der Waals surface area contributed by atoms with Gasteiger partial charge in [-0.1, -0.05) is 13.8 Å². The number of nitrogens with zero attached hydrogens (tertiary/aromatic N) is 2. The summed E-state index contributed by atoms with van der Waals surface area (Å²) < 4.78 is 51.6. The molecule has 2 N–H and O–H groups in total. The SMILES string of the molecule is CC.COC(=O)C1CN(C(=O)c2nc(-c3ccc(OC(F)F)c(OCC4CC4)c3)oc2CN)CCO1. The summed E-state index contributed by atoms with van der Waals surface area (Å²) in [4.78, 5) is 30.6. The van der Waals surface area contributed by atoms with E-state index in [0.717, 1.165) is 12.8 Å². The Bertz CT molecular complexity index is 1040. The number of carbonyl (C=O) groups excluding carboxylic acids is 2. The van der Waals surface area contributed by atoms with Crippen molar-refractivity contribution in [2.24, 2.45) is 11.7 Å². The van der Waals surface area contributed by atoms with Gasteiger partial charge in [-0.3, -0.25) is 4.79 Å². The molecule has 0 spiro atoms. The lowest BCUT2D eigenvalue weighted by Gasteiger charge is -2.31. The lowest BCUT2D eigenvalue weighted by atomic mass is 10.2. The van der Waals surface area contributed by atoms with E-state index in [9.17, 15) is 18.4 Å². The molecule has 4 rings (SSSR count). The Kier molecular flexibility index (Phi) is 9.59. The third-order valence-electron chi connectivity index (χ3n) is 5.48. The molecule has 1 aromatic heterocycles. The van der Waals surface area contributed by atoms with Crippen LogP contribution in [0.1, 0.15) is 42.9 Å². The van der Waals surface area contributed by atoms with Crippen LogP contribution >= 0.6 is 0 Å². The largest absolute Gasteiger partial charge is 0.489 e. The quantitative estimate of drug-likeness (QED) is 0.505. The summed E-state index contributed by atoms with van der Waals surface area (Å²) in [5.41, 5.74) is 6.17. The molecule has 1 aliphatic carbocycles. The highest BCUT2D eigenvalue weighted by molar-refractivity contribution is 5.94. The molecule has 0 radical (unpaired) electrons. The highest BCUT2D eigenvalue weighted by Crippen LogP contribution is 2.36. The second kappa shape index (κ2) is 12.6. The molecule has 1 aliphatic heterocycles. The van der Waals surface area contributed by atoms with Crippen molar-refractivity contribution in [2.75, 3.05) is 33.4 Å². The molecule has 2 fully saturated rings. The molecule has 0 bridgehead atoms. The van der Waals surface area contributed by atoms with Gasteiger partial charge < -0.3 is 34.0 Å².